The van der Waals surface area contributed by atoms with E-state index in [2.05, 4.69) is 5.32 Å². The number of carbonyl (C=O) groups is 2. The lowest BCUT2D eigenvalue weighted by Crippen LogP contribution is -2.30. The number of nitro benzene ring substituents is 1. The van der Waals surface area contributed by atoms with Crippen LogP contribution < -0.4 is 15.0 Å². The number of benzene rings is 2. The lowest BCUT2D eigenvalue weighted by atomic mass is 10.1. The van der Waals surface area contributed by atoms with Crippen LogP contribution in [0.3, 0.4) is 0 Å². The number of aryl methyl sites for hydroxylation is 1. The quantitative estimate of drug-likeness (QED) is 0.407. The van der Waals surface area contributed by atoms with Gasteiger partial charge in [0.25, 0.3) is 11.6 Å². The summed E-state index contributed by atoms with van der Waals surface area (Å²) in [5, 5.41) is 14.2. The summed E-state index contributed by atoms with van der Waals surface area (Å²) in [6.45, 7) is 2.83. The van der Waals surface area contributed by atoms with Gasteiger partial charge < -0.3 is 19.7 Å². The highest BCUT2D eigenvalue weighted by atomic mass is 16.6. The molecular weight excluding hydrogens is 402 g/mol. The van der Waals surface area contributed by atoms with Crippen molar-refractivity contribution in [3.05, 3.63) is 57.6 Å². The Morgan fingerprint density at radius 3 is 2.55 bits per heavy atom. The smallest absolute Gasteiger partial charge is 0.338 e. The molecule has 1 fully saturated rings. The molecule has 0 atom stereocenters. The van der Waals surface area contributed by atoms with Gasteiger partial charge in [0, 0.05) is 19.2 Å². The number of hydrogen-bond acceptors (Lipinski definition) is 7. The molecule has 1 aliphatic rings. The predicted molar refractivity (Wildman–Crippen MR) is 116 cm³/mol. The Hall–Kier alpha value is -3.62. The van der Waals surface area contributed by atoms with Gasteiger partial charge in [-0.05, 0) is 56.0 Å². The van der Waals surface area contributed by atoms with E-state index in [0.29, 0.717) is 17.1 Å². The summed E-state index contributed by atoms with van der Waals surface area (Å²) in [5.41, 5.74) is 1.75. The summed E-state index contributed by atoms with van der Waals surface area (Å²) in [7, 11) is 1.49. The Bertz CT molecular complexity index is 985. The number of methoxy groups -OCH3 is 1. The highest BCUT2D eigenvalue weighted by molar-refractivity contribution is 5.97. The highest BCUT2D eigenvalue weighted by Crippen LogP contribution is 2.31. The van der Waals surface area contributed by atoms with Crippen molar-refractivity contribution in [2.24, 2.45) is 0 Å². The van der Waals surface area contributed by atoms with E-state index in [1.54, 1.807) is 18.2 Å². The average molecular weight is 427 g/mol. The van der Waals surface area contributed by atoms with Gasteiger partial charge in [-0.3, -0.25) is 14.9 Å². The van der Waals surface area contributed by atoms with Crippen molar-refractivity contribution in [1.29, 1.82) is 0 Å². The number of ether oxygens (including phenoxy) is 2. The number of nitrogens with one attached hydrogen (secondary N) is 1. The minimum Gasteiger partial charge on any atom is -0.495 e. The molecule has 0 aromatic heterocycles. The van der Waals surface area contributed by atoms with E-state index in [4.69, 9.17) is 9.47 Å². The fraction of sp³-hybridized carbons (Fsp3) is 0.364. The standard InChI is InChI=1S/C22H25N3O6/c1-15-6-9-20(30-2)17(12-15)23-21(26)14-31-22(27)16-7-8-18(19(13-16)25(28)29)24-10-4-3-5-11-24/h6-9,12-13H,3-5,10-11,14H2,1-2H3,(H,23,26). The summed E-state index contributed by atoms with van der Waals surface area (Å²) < 4.78 is 10.3. The first-order chi connectivity index (χ1) is 14.9. The Labute approximate surface area is 180 Å². The summed E-state index contributed by atoms with van der Waals surface area (Å²) >= 11 is 0. The van der Waals surface area contributed by atoms with Crippen molar-refractivity contribution in [3.8, 4) is 5.75 Å². The number of amides is 1. The van der Waals surface area contributed by atoms with Gasteiger partial charge in [0.15, 0.2) is 6.61 Å². The SMILES string of the molecule is COc1ccc(C)cc1NC(=O)COC(=O)c1ccc(N2CCCCC2)c([N+](=O)[O-])c1. The zero-order chi connectivity index (χ0) is 22.4. The van der Waals surface area contributed by atoms with E-state index in [1.807, 2.05) is 17.9 Å². The van der Waals surface area contributed by atoms with Crippen molar-refractivity contribution < 1.29 is 24.0 Å². The van der Waals surface area contributed by atoms with Crippen LogP contribution in [0, 0.1) is 17.0 Å². The first kappa shape index (κ1) is 22.1. The van der Waals surface area contributed by atoms with E-state index in [0.717, 1.165) is 37.9 Å². The normalized spacial score (nSPS) is 13.4. The predicted octanol–water partition coefficient (Wildman–Crippen LogP) is 3.70. The lowest BCUT2D eigenvalue weighted by molar-refractivity contribution is -0.384. The van der Waals surface area contributed by atoms with E-state index < -0.39 is 23.4 Å². The zero-order valence-electron chi connectivity index (χ0n) is 17.6. The number of anilines is 2. The third kappa shape index (κ3) is 5.50. The Balaban J connectivity index is 1.66. The van der Waals surface area contributed by atoms with Crippen LogP contribution in [-0.4, -0.2) is 43.6 Å². The third-order valence-corrected chi connectivity index (χ3v) is 5.07. The molecule has 0 aliphatic carbocycles. The number of piperidine rings is 1. The maximum absolute atomic E-state index is 12.4. The van der Waals surface area contributed by atoms with Crippen LogP contribution in [-0.2, 0) is 9.53 Å². The number of esters is 1. The minimum atomic E-state index is -0.806. The van der Waals surface area contributed by atoms with Gasteiger partial charge in [0.2, 0.25) is 0 Å². The molecule has 9 heteroatoms. The molecule has 3 rings (SSSR count). The molecular formula is C22H25N3O6. The zero-order valence-corrected chi connectivity index (χ0v) is 17.6. The van der Waals surface area contributed by atoms with Gasteiger partial charge in [-0.2, -0.15) is 0 Å². The Morgan fingerprint density at radius 2 is 1.87 bits per heavy atom. The van der Waals surface area contributed by atoms with Crippen LogP contribution in [0.5, 0.6) is 5.75 Å². The van der Waals surface area contributed by atoms with Crippen LogP contribution >= 0.6 is 0 Å². The monoisotopic (exact) mass is 427 g/mol. The number of nitro groups is 1. The molecule has 0 saturated carbocycles. The van der Waals surface area contributed by atoms with Crippen LogP contribution in [0.2, 0.25) is 0 Å². The molecule has 9 nitrogen and oxygen atoms in total. The molecule has 1 saturated heterocycles. The second-order valence-electron chi connectivity index (χ2n) is 7.34. The second-order valence-corrected chi connectivity index (χ2v) is 7.34. The first-order valence-corrected chi connectivity index (χ1v) is 10.0. The van der Waals surface area contributed by atoms with E-state index in [9.17, 15) is 19.7 Å². The van der Waals surface area contributed by atoms with Gasteiger partial charge >= 0.3 is 5.97 Å². The average Bonchev–Trinajstić information content (AvgIpc) is 2.77. The number of hydrogen-bond donors (Lipinski definition) is 1. The second kappa shape index (κ2) is 9.92. The molecule has 1 N–H and O–H groups in total. The summed E-state index contributed by atoms with van der Waals surface area (Å²) in [6.07, 6.45) is 3.05. The van der Waals surface area contributed by atoms with Crippen molar-refractivity contribution in [2.45, 2.75) is 26.2 Å². The fourth-order valence-corrected chi connectivity index (χ4v) is 3.52. The van der Waals surface area contributed by atoms with Gasteiger partial charge in [0.05, 0.1) is 23.3 Å². The van der Waals surface area contributed by atoms with Gasteiger partial charge in [-0.15, -0.1) is 0 Å². The summed E-state index contributed by atoms with van der Waals surface area (Å²) in [6, 6.07) is 9.56. The molecule has 2 aromatic carbocycles. The van der Waals surface area contributed by atoms with Gasteiger partial charge in [-0.25, -0.2) is 4.79 Å². The van der Waals surface area contributed by atoms with Crippen molar-refractivity contribution >= 4 is 28.9 Å². The maximum Gasteiger partial charge on any atom is 0.338 e. The minimum absolute atomic E-state index is 0.0217. The molecule has 1 aliphatic heterocycles. The molecule has 164 valence electrons. The number of rotatable bonds is 7. The van der Waals surface area contributed by atoms with Crippen molar-refractivity contribution in [3.63, 3.8) is 0 Å². The summed E-state index contributed by atoms with van der Waals surface area (Å²) in [4.78, 5) is 37.6. The van der Waals surface area contributed by atoms with Crippen LogP contribution in [0.4, 0.5) is 17.1 Å². The maximum atomic E-state index is 12.4. The molecule has 1 amide bonds. The van der Waals surface area contributed by atoms with Crippen molar-refractivity contribution in [2.75, 3.05) is 37.0 Å². The molecule has 1 heterocycles. The molecule has 31 heavy (non-hydrogen) atoms. The number of nitrogens with zero attached hydrogens (tertiary/aromatic N) is 2. The van der Waals surface area contributed by atoms with E-state index in [1.165, 1.54) is 19.2 Å². The third-order valence-electron chi connectivity index (χ3n) is 5.07. The van der Waals surface area contributed by atoms with Crippen LogP contribution in [0.25, 0.3) is 0 Å². The van der Waals surface area contributed by atoms with E-state index in [-0.39, 0.29) is 11.3 Å². The fourth-order valence-electron chi connectivity index (χ4n) is 3.52. The molecule has 0 unspecified atom stereocenters. The Kier molecular flexibility index (Phi) is 7.07. The molecule has 2 aromatic rings. The molecule has 0 radical (unpaired) electrons. The molecule has 0 spiro atoms. The van der Waals surface area contributed by atoms with Crippen LogP contribution in [0.1, 0.15) is 35.2 Å². The highest BCUT2D eigenvalue weighted by Gasteiger charge is 2.24. The largest absolute Gasteiger partial charge is 0.495 e. The van der Waals surface area contributed by atoms with Crippen molar-refractivity contribution in [1.82, 2.24) is 0 Å². The van der Waals surface area contributed by atoms with Gasteiger partial charge in [-0.1, -0.05) is 6.07 Å². The first-order valence-electron chi connectivity index (χ1n) is 10.0. The Morgan fingerprint density at radius 1 is 1.13 bits per heavy atom. The summed E-state index contributed by atoms with van der Waals surface area (Å²) in [5.74, 6) is -0.870. The molecule has 0 bridgehead atoms. The topological polar surface area (TPSA) is 111 Å². The van der Waals surface area contributed by atoms with Gasteiger partial charge in [0.1, 0.15) is 11.4 Å². The van der Waals surface area contributed by atoms with Crippen LogP contribution in [0.15, 0.2) is 36.4 Å². The lowest BCUT2D eigenvalue weighted by Gasteiger charge is -2.28. The van der Waals surface area contributed by atoms with E-state index >= 15 is 0 Å². The number of carbonyl (C=O) groups excluding carboxylic acids is 2.